The van der Waals surface area contributed by atoms with Gasteiger partial charge in [0.2, 0.25) is 5.88 Å². The summed E-state index contributed by atoms with van der Waals surface area (Å²) in [7, 11) is 0. The maximum Gasteiger partial charge on any atom is 0.254 e. The fraction of sp³-hybridized carbons (Fsp3) is 0.375. The summed E-state index contributed by atoms with van der Waals surface area (Å²) in [5.74, 6) is 2.21. The molecule has 0 radical (unpaired) electrons. The van der Waals surface area contributed by atoms with E-state index in [1.54, 1.807) is 22.8 Å². The lowest BCUT2D eigenvalue weighted by atomic mass is 10.1. The van der Waals surface area contributed by atoms with Gasteiger partial charge >= 0.3 is 0 Å². The second-order valence-electron chi connectivity index (χ2n) is 5.87. The molecule has 0 aromatic carbocycles. The van der Waals surface area contributed by atoms with Gasteiger partial charge in [-0.3, -0.25) is 0 Å². The zero-order chi connectivity index (χ0) is 16.5. The molecular weight excluding hydrogens is 328 g/mol. The molecule has 0 saturated carbocycles. The van der Waals surface area contributed by atoms with Crippen molar-refractivity contribution in [3.05, 3.63) is 41.4 Å². The van der Waals surface area contributed by atoms with Crippen LogP contribution in [0, 0.1) is 6.92 Å². The predicted molar refractivity (Wildman–Crippen MR) is 90.6 cm³/mol. The zero-order valence-electron chi connectivity index (χ0n) is 13.3. The van der Waals surface area contributed by atoms with Gasteiger partial charge in [-0.25, -0.2) is 9.97 Å². The van der Waals surface area contributed by atoms with Gasteiger partial charge in [0.05, 0.1) is 11.6 Å². The highest BCUT2D eigenvalue weighted by molar-refractivity contribution is 6.30. The number of pyridine rings is 1. The second kappa shape index (κ2) is 6.24. The van der Waals surface area contributed by atoms with Crippen molar-refractivity contribution in [3.63, 3.8) is 0 Å². The minimum absolute atomic E-state index is 0.0690. The molecule has 0 bridgehead atoms. The molecule has 7 nitrogen and oxygen atoms in total. The van der Waals surface area contributed by atoms with Crippen LogP contribution in [-0.2, 0) is 0 Å². The van der Waals surface area contributed by atoms with E-state index >= 15 is 0 Å². The lowest BCUT2D eigenvalue weighted by molar-refractivity contribution is 0.172. The van der Waals surface area contributed by atoms with Crippen LogP contribution in [0.1, 0.15) is 18.5 Å². The largest absolute Gasteiger partial charge is 0.472 e. The number of nitrogens with zero attached hydrogens (tertiary/aromatic N) is 6. The van der Waals surface area contributed by atoms with Crippen molar-refractivity contribution < 1.29 is 4.74 Å². The number of aromatic nitrogens is 5. The molecule has 124 valence electrons. The Morgan fingerprint density at radius 2 is 2.21 bits per heavy atom. The number of piperidine rings is 1. The van der Waals surface area contributed by atoms with E-state index in [9.17, 15) is 0 Å². The van der Waals surface area contributed by atoms with E-state index in [1.165, 1.54) is 6.33 Å². The van der Waals surface area contributed by atoms with Gasteiger partial charge in [-0.05, 0) is 25.8 Å². The molecule has 3 aromatic heterocycles. The van der Waals surface area contributed by atoms with Gasteiger partial charge in [-0.1, -0.05) is 11.6 Å². The topological polar surface area (TPSA) is 68.4 Å². The molecular formula is C16H17ClN6O. The quantitative estimate of drug-likeness (QED) is 0.727. The Morgan fingerprint density at radius 3 is 3.04 bits per heavy atom. The smallest absolute Gasteiger partial charge is 0.254 e. The first-order chi connectivity index (χ1) is 11.7. The van der Waals surface area contributed by atoms with Crippen molar-refractivity contribution in [2.24, 2.45) is 0 Å². The van der Waals surface area contributed by atoms with Crippen molar-refractivity contribution in [2.45, 2.75) is 25.9 Å². The summed E-state index contributed by atoms with van der Waals surface area (Å²) in [5, 5.41) is 4.89. The second-order valence-corrected chi connectivity index (χ2v) is 6.31. The summed E-state index contributed by atoms with van der Waals surface area (Å²) >= 11 is 5.87. The average Bonchev–Trinajstić information content (AvgIpc) is 3.05. The van der Waals surface area contributed by atoms with Crippen molar-refractivity contribution in [1.29, 1.82) is 0 Å². The van der Waals surface area contributed by atoms with Gasteiger partial charge in [0, 0.05) is 30.6 Å². The number of fused-ring (bicyclic) bond motifs is 1. The summed E-state index contributed by atoms with van der Waals surface area (Å²) in [6.07, 6.45) is 5.23. The lowest BCUT2D eigenvalue weighted by Gasteiger charge is -2.34. The Labute approximate surface area is 144 Å². The van der Waals surface area contributed by atoms with Gasteiger partial charge in [-0.2, -0.15) is 14.6 Å². The minimum atomic E-state index is 0.0690. The molecule has 4 rings (SSSR count). The van der Waals surface area contributed by atoms with Gasteiger partial charge in [-0.15, -0.1) is 0 Å². The van der Waals surface area contributed by atoms with Crippen LogP contribution in [0.15, 0.2) is 30.7 Å². The Bertz CT molecular complexity index is 849. The zero-order valence-corrected chi connectivity index (χ0v) is 14.0. The third-order valence-electron chi connectivity index (χ3n) is 4.05. The first kappa shape index (κ1) is 15.1. The molecule has 0 amide bonds. The standard InChI is InChI=1S/C16H17ClN6O/c1-11-7-15(23-16(21-11)19-10-20-23)22-6-2-3-13(9-22)24-14-5-4-12(17)8-18-14/h4-5,7-8,10,13H,2-3,6,9H2,1H3. The highest BCUT2D eigenvalue weighted by Crippen LogP contribution is 2.23. The Kier molecular flexibility index (Phi) is 3.93. The van der Waals surface area contributed by atoms with Crippen LogP contribution in [0.25, 0.3) is 5.78 Å². The third kappa shape index (κ3) is 2.99. The van der Waals surface area contributed by atoms with E-state index in [-0.39, 0.29) is 6.10 Å². The van der Waals surface area contributed by atoms with Crippen molar-refractivity contribution >= 4 is 23.2 Å². The molecule has 1 saturated heterocycles. The summed E-state index contributed by atoms with van der Waals surface area (Å²) in [6.45, 7) is 3.68. The first-order valence-corrected chi connectivity index (χ1v) is 8.27. The molecule has 1 aliphatic heterocycles. The Hall–Kier alpha value is -2.41. The molecule has 1 fully saturated rings. The summed E-state index contributed by atoms with van der Waals surface area (Å²) in [6, 6.07) is 5.62. The van der Waals surface area contributed by atoms with E-state index in [1.807, 2.05) is 13.0 Å². The summed E-state index contributed by atoms with van der Waals surface area (Å²) in [5.41, 5.74) is 0.924. The summed E-state index contributed by atoms with van der Waals surface area (Å²) in [4.78, 5) is 15.1. The van der Waals surface area contributed by atoms with Gasteiger partial charge in [0.15, 0.2) is 0 Å². The van der Waals surface area contributed by atoms with Crippen LogP contribution in [0.2, 0.25) is 5.02 Å². The Balaban J connectivity index is 1.55. The molecule has 1 unspecified atom stereocenters. The van der Waals surface area contributed by atoms with E-state index in [0.29, 0.717) is 16.7 Å². The van der Waals surface area contributed by atoms with Gasteiger partial charge in [0.25, 0.3) is 5.78 Å². The number of hydrogen-bond acceptors (Lipinski definition) is 6. The fourth-order valence-corrected chi connectivity index (χ4v) is 3.09. The monoisotopic (exact) mass is 344 g/mol. The molecule has 8 heteroatoms. The SMILES string of the molecule is Cc1cc(N2CCCC(Oc3ccc(Cl)cn3)C2)n2ncnc2n1. The minimum Gasteiger partial charge on any atom is -0.472 e. The Morgan fingerprint density at radius 1 is 1.29 bits per heavy atom. The van der Waals surface area contributed by atoms with Gasteiger partial charge in [0.1, 0.15) is 18.2 Å². The third-order valence-corrected chi connectivity index (χ3v) is 4.27. The summed E-state index contributed by atoms with van der Waals surface area (Å²) < 4.78 is 7.79. The number of halogens is 1. The molecule has 1 aliphatic rings. The molecule has 0 aliphatic carbocycles. The van der Waals surface area contributed by atoms with E-state index in [0.717, 1.165) is 37.4 Å². The fourth-order valence-electron chi connectivity index (χ4n) is 2.98. The van der Waals surface area contributed by atoms with Crippen molar-refractivity contribution in [2.75, 3.05) is 18.0 Å². The molecule has 1 atom stereocenters. The lowest BCUT2D eigenvalue weighted by Crippen LogP contribution is -2.42. The molecule has 0 N–H and O–H groups in total. The number of hydrogen-bond donors (Lipinski definition) is 0. The normalized spacial score (nSPS) is 18.1. The van der Waals surface area contributed by atoms with E-state index in [2.05, 4.69) is 25.0 Å². The van der Waals surface area contributed by atoms with E-state index < -0.39 is 0 Å². The van der Waals surface area contributed by atoms with Crippen molar-refractivity contribution in [3.8, 4) is 5.88 Å². The average molecular weight is 345 g/mol. The predicted octanol–water partition coefficient (Wildman–Crippen LogP) is 2.53. The van der Waals surface area contributed by atoms with Crippen molar-refractivity contribution in [1.82, 2.24) is 24.6 Å². The first-order valence-electron chi connectivity index (χ1n) is 7.89. The maximum atomic E-state index is 6.01. The van der Waals surface area contributed by atoms with Crippen LogP contribution in [-0.4, -0.2) is 43.8 Å². The molecule has 0 spiro atoms. The van der Waals surface area contributed by atoms with Gasteiger partial charge < -0.3 is 9.64 Å². The van der Waals surface area contributed by atoms with Crippen LogP contribution in [0.5, 0.6) is 5.88 Å². The molecule has 24 heavy (non-hydrogen) atoms. The molecule has 4 heterocycles. The van der Waals surface area contributed by atoms with Crippen LogP contribution in [0.4, 0.5) is 5.82 Å². The number of aryl methyl sites for hydroxylation is 1. The highest BCUT2D eigenvalue weighted by atomic mass is 35.5. The van der Waals surface area contributed by atoms with Crippen LogP contribution in [0.3, 0.4) is 0 Å². The van der Waals surface area contributed by atoms with E-state index in [4.69, 9.17) is 16.3 Å². The maximum absolute atomic E-state index is 6.01. The van der Waals surface area contributed by atoms with Crippen LogP contribution < -0.4 is 9.64 Å². The number of rotatable bonds is 3. The van der Waals surface area contributed by atoms with Crippen LogP contribution >= 0.6 is 11.6 Å². The highest BCUT2D eigenvalue weighted by Gasteiger charge is 2.24. The molecule has 3 aromatic rings. The number of ether oxygens (including phenoxy) is 1. The number of anilines is 1.